The normalized spacial score (nSPS) is 10.6. The van der Waals surface area contributed by atoms with Crippen molar-refractivity contribution in [1.82, 2.24) is 4.98 Å². The Labute approximate surface area is 139 Å². The monoisotopic (exact) mass is 326 g/mol. The Morgan fingerprint density at radius 1 is 1.13 bits per heavy atom. The van der Waals surface area contributed by atoms with Gasteiger partial charge in [-0.1, -0.05) is 29.8 Å². The van der Waals surface area contributed by atoms with Crippen molar-refractivity contribution in [3.8, 4) is 11.3 Å². The molecule has 0 saturated carbocycles. The molecule has 0 fully saturated rings. The van der Waals surface area contributed by atoms with E-state index in [9.17, 15) is 4.79 Å². The van der Waals surface area contributed by atoms with E-state index in [1.807, 2.05) is 38.1 Å². The van der Waals surface area contributed by atoms with Crippen molar-refractivity contribution in [3.63, 3.8) is 0 Å². The first kappa shape index (κ1) is 15.3. The number of aromatic nitrogens is 1. The first-order valence-corrected chi connectivity index (χ1v) is 7.52. The van der Waals surface area contributed by atoms with Crippen LogP contribution in [-0.4, -0.2) is 10.9 Å². The summed E-state index contributed by atoms with van der Waals surface area (Å²) in [6.07, 6.45) is 0. The number of nitrogens with one attached hydrogen (secondary N) is 1. The fourth-order valence-corrected chi connectivity index (χ4v) is 2.53. The molecule has 0 spiro atoms. The Kier molecular flexibility index (Phi) is 4.17. The number of carbonyl (C=O) groups excluding carboxylic acids is 1. The van der Waals surface area contributed by atoms with Crippen LogP contribution in [0.2, 0.25) is 5.02 Å². The molecular weight excluding hydrogens is 312 g/mol. The number of nitrogens with zero attached hydrogens (tertiary/aromatic N) is 1. The highest BCUT2D eigenvalue weighted by atomic mass is 35.5. The van der Waals surface area contributed by atoms with Crippen molar-refractivity contribution >= 4 is 23.2 Å². The van der Waals surface area contributed by atoms with Crippen LogP contribution in [0.4, 0.5) is 5.69 Å². The molecule has 4 nitrogen and oxygen atoms in total. The largest absolute Gasteiger partial charge is 0.446 e. The summed E-state index contributed by atoms with van der Waals surface area (Å²) in [6.45, 7) is 3.69. The SMILES string of the molecule is Cc1nc(-c2ccc(NC(=O)c3cccc(Cl)c3)cc2)c(C)o1. The number of hydrogen-bond donors (Lipinski definition) is 1. The maximum atomic E-state index is 12.2. The predicted octanol–water partition coefficient (Wildman–Crippen LogP) is 4.86. The second-order valence-electron chi connectivity index (χ2n) is 5.18. The van der Waals surface area contributed by atoms with Crippen molar-refractivity contribution in [2.24, 2.45) is 0 Å². The third-order valence-corrected chi connectivity index (χ3v) is 3.64. The van der Waals surface area contributed by atoms with Gasteiger partial charge in [-0.25, -0.2) is 4.98 Å². The molecule has 116 valence electrons. The highest BCUT2D eigenvalue weighted by Crippen LogP contribution is 2.24. The number of rotatable bonds is 3. The Balaban J connectivity index is 1.77. The van der Waals surface area contributed by atoms with E-state index in [2.05, 4.69) is 10.3 Å². The molecule has 1 amide bonds. The summed E-state index contributed by atoms with van der Waals surface area (Å²) in [6, 6.07) is 14.3. The maximum absolute atomic E-state index is 12.2. The summed E-state index contributed by atoms with van der Waals surface area (Å²) in [7, 11) is 0. The van der Waals surface area contributed by atoms with Crippen molar-refractivity contribution in [2.45, 2.75) is 13.8 Å². The molecule has 0 saturated heterocycles. The third kappa shape index (κ3) is 3.43. The van der Waals surface area contributed by atoms with Crippen LogP contribution in [0.1, 0.15) is 22.0 Å². The van der Waals surface area contributed by atoms with Crippen molar-refractivity contribution in [3.05, 3.63) is 70.8 Å². The van der Waals surface area contributed by atoms with E-state index in [0.29, 0.717) is 22.2 Å². The van der Waals surface area contributed by atoms with E-state index in [0.717, 1.165) is 17.0 Å². The summed E-state index contributed by atoms with van der Waals surface area (Å²) in [5, 5.41) is 3.37. The molecule has 5 heteroatoms. The van der Waals surface area contributed by atoms with Crippen LogP contribution in [0.3, 0.4) is 0 Å². The maximum Gasteiger partial charge on any atom is 0.255 e. The quantitative estimate of drug-likeness (QED) is 0.747. The molecule has 0 aliphatic rings. The van der Waals surface area contributed by atoms with Crippen molar-refractivity contribution in [2.75, 3.05) is 5.32 Å². The van der Waals surface area contributed by atoms with Crippen LogP contribution in [0, 0.1) is 13.8 Å². The highest BCUT2D eigenvalue weighted by Gasteiger charge is 2.10. The van der Waals surface area contributed by atoms with E-state index < -0.39 is 0 Å². The van der Waals surface area contributed by atoms with Crippen molar-refractivity contribution in [1.29, 1.82) is 0 Å². The third-order valence-electron chi connectivity index (χ3n) is 3.41. The van der Waals surface area contributed by atoms with Gasteiger partial charge in [0.25, 0.3) is 5.91 Å². The van der Waals surface area contributed by atoms with Gasteiger partial charge in [-0.15, -0.1) is 0 Å². The van der Waals surface area contributed by atoms with Gasteiger partial charge in [0.2, 0.25) is 0 Å². The lowest BCUT2D eigenvalue weighted by molar-refractivity contribution is 0.102. The molecule has 1 N–H and O–H groups in total. The van der Waals surface area contributed by atoms with E-state index in [1.54, 1.807) is 24.3 Å². The topological polar surface area (TPSA) is 55.1 Å². The smallest absolute Gasteiger partial charge is 0.255 e. The average molecular weight is 327 g/mol. The molecule has 0 radical (unpaired) electrons. The molecule has 0 unspecified atom stereocenters. The predicted molar refractivity (Wildman–Crippen MR) is 90.8 cm³/mol. The number of carbonyl (C=O) groups is 1. The van der Waals surface area contributed by atoms with Crippen molar-refractivity contribution < 1.29 is 9.21 Å². The Morgan fingerprint density at radius 3 is 2.48 bits per heavy atom. The van der Waals surface area contributed by atoms with E-state index >= 15 is 0 Å². The minimum Gasteiger partial charge on any atom is -0.446 e. The number of halogens is 1. The minimum absolute atomic E-state index is 0.200. The number of amides is 1. The van der Waals surface area contributed by atoms with E-state index in [-0.39, 0.29) is 5.91 Å². The zero-order chi connectivity index (χ0) is 16.4. The molecule has 0 aliphatic heterocycles. The molecule has 0 bridgehead atoms. The van der Waals surface area contributed by atoms with Gasteiger partial charge >= 0.3 is 0 Å². The van der Waals surface area contributed by atoms with Gasteiger partial charge in [-0.2, -0.15) is 0 Å². The number of hydrogen-bond acceptors (Lipinski definition) is 3. The molecule has 2 aromatic carbocycles. The lowest BCUT2D eigenvalue weighted by Crippen LogP contribution is -2.11. The van der Waals surface area contributed by atoms with Gasteiger partial charge in [0, 0.05) is 28.8 Å². The van der Waals surface area contributed by atoms with Gasteiger partial charge in [-0.3, -0.25) is 4.79 Å². The fraction of sp³-hybridized carbons (Fsp3) is 0.111. The molecule has 1 aromatic heterocycles. The summed E-state index contributed by atoms with van der Waals surface area (Å²) < 4.78 is 5.44. The molecule has 3 rings (SSSR count). The van der Waals surface area contributed by atoms with Gasteiger partial charge in [0.15, 0.2) is 5.89 Å². The Hall–Kier alpha value is -2.59. The van der Waals surface area contributed by atoms with E-state index in [4.69, 9.17) is 16.0 Å². The van der Waals surface area contributed by atoms with Gasteiger partial charge in [-0.05, 0) is 37.3 Å². The first-order valence-electron chi connectivity index (χ1n) is 7.14. The zero-order valence-electron chi connectivity index (χ0n) is 12.8. The van der Waals surface area contributed by atoms with Crippen LogP contribution >= 0.6 is 11.6 Å². The van der Waals surface area contributed by atoms with Crippen LogP contribution in [0.15, 0.2) is 52.9 Å². The number of aryl methyl sites for hydroxylation is 2. The lowest BCUT2D eigenvalue weighted by atomic mass is 10.1. The Bertz CT molecular complexity index is 854. The standard InChI is InChI=1S/C18H15ClN2O2/c1-11-17(20-12(2)23-11)13-6-8-16(9-7-13)21-18(22)14-4-3-5-15(19)10-14/h3-10H,1-2H3,(H,21,22). The zero-order valence-corrected chi connectivity index (χ0v) is 13.5. The minimum atomic E-state index is -0.200. The average Bonchev–Trinajstić information content (AvgIpc) is 2.86. The van der Waals surface area contributed by atoms with Gasteiger partial charge in [0.1, 0.15) is 11.5 Å². The first-order chi connectivity index (χ1) is 11.0. The van der Waals surface area contributed by atoms with Gasteiger partial charge < -0.3 is 9.73 Å². The second kappa shape index (κ2) is 6.26. The summed E-state index contributed by atoms with van der Waals surface area (Å²) in [5.41, 5.74) is 2.98. The fourth-order valence-electron chi connectivity index (χ4n) is 2.34. The van der Waals surface area contributed by atoms with Crippen LogP contribution in [-0.2, 0) is 0 Å². The molecular formula is C18H15ClN2O2. The number of anilines is 1. The lowest BCUT2D eigenvalue weighted by Gasteiger charge is -2.06. The summed E-state index contributed by atoms with van der Waals surface area (Å²) >= 11 is 5.90. The van der Waals surface area contributed by atoms with Crippen LogP contribution in [0.25, 0.3) is 11.3 Å². The Morgan fingerprint density at radius 2 is 1.87 bits per heavy atom. The highest BCUT2D eigenvalue weighted by molar-refractivity contribution is 6.31. The summed E-state index contributed by atoms with van der Waals surface area (Å²) in [5.74, 6) is 1.21. The van der Waals surface area contributed by atoms with E-state index in [1.165, 1.54) is 0 Å². The molecule has 0 atom stereocenters. The summed E-state index contributed by atoms with van der Waals surface area (Å²) in [4.78, 5) is 16.5. The molecule has 3 aromatic rings. The van der Waals surface area contributed by atoms with Crippen LogP contribution in [0.5, 0.6) is 0 Å². The van der Waals surface area contributed by atoms with Crippen LogP contribution < -0.4 is 5.32 Å². The molecule has 0 aliphatic carbocycles. The molecule has 1 heterocycles. The number of oxazole rings is 1. The number of benzene rings is 2. The molecule has 23 heavy (non-hydrogen) atoms. The second-order valence-corrected chi connectivity index (χ2v) is 5.62. The van der Waals surface area contributed by atoms with Gasteiger partial charge in [0.05, 0.1) is 0 Å².